The molecule has 1 amide bonds. The lowest BCUT2D eigenvalue weighted by atomic mass is 9.92. The largest absolute Gasteiger partial charge is 0.479 e. The number of ether oxygens (including phenoxy) is 1. The number of carboxylic acid groups (broad SMARTS) is 1. The summed E-state index contributed by atoms with van der Waals surface area (Å²) in [5.74, 6) is -3.29. The van der Waals surface area contributed by atoms with Gasteiger partial charge >= 0.3 is 18.2 Å². The van der Waals surface area contributed by atoms with E-state index in [1.165, 1.54) is 5.32 Å². The molecule has 1 rings (SSSR count). The fraction of sp³-hybridized carbons (Fsp3) is 0.600. The molecule has 0 bridgehead atoms. The molecule has 0 radical (unpaired) electrons. The summed E-state index contributed by atoms with van der Waals surface area (Å²) < 4.78 is 43.1. The van der Waals surface area contributed by atoms with Crippen LogP contribution in [0, 0.1) is 5.92 Å². The summed E-state index contributed by atoms with van der Waals surface area (Å²) in [5, 5.41) is 10.3. The van der Waals surface area contributed by atoms with Crippen LogP contribution in [0.5, 0.6) is 0 Å². The van der Waals surface area contributed by atoms with Crippen LogP contribution < -0.4 is 5.32 Å². The Kier molecular flexibility index (Phi) is 3.88. The second-order valence-corrected chi connectivity index (χ2v) is 3.90. The number of rotatable bonds is 5. The first-order chi connectivity index (χ1) is 8.25. The summed E-state index contributed by atoms with van der Waals surface area (Å²) >= 11 is 0. The quantitative estimate of drug-likeness (QED) is 0.743. The van der Waals surface area contributed by atoms with Crippen molar-refractivity contribution in [3.8, 4) is 0 Å². The molecular weight excluding hydrogens is 255 g/mol. The van der Waals surface area contributed by atoms with E-state index in [4.69, 9.17) is 5.11 Å². The van der Waals surface area contributed by atoms with Gasteiger partial charge in [0.25, 0.3) is 0 Å². The monoisotopic (exact) mass is 267 g/mol. The summed E-state index contributed by atoms with van der Waals surface area (Å²) in [6.45, 7) is 2.92. The summed E-state index contributed by atoms with van der Waals surface area (Å²) in [6, 6.07) is 0. The van der Waals surface area contributed by atoms with Gasteiger partial charge in [0.2, 0.25) is 5.54 Å². The molecule has 0 heterocycles. The highest BCUT2D eigenvalue weighted by Gasteiger charge is 2.69. The summed E-state index contributed by atoms with van der Waals surface area (Å²) in [7, 11) is 0. The zero-order chi connectivity index (χ0) is 14.0. The molecule has 0 aliphatic heterocycles. The average Bonchev–Trinajstić information content (AvgIpc) is 3.04. The number of nitrogens with one attached hydrogen (secondary N) is 1. The minimum Gasteiger partial charge on any atom is -0.479 e. The van der Waals surface area contributed by atoms with Crippen LogP contribution in [0.2, 0.25) is 0 Å². The van der Waals surface area contributed by atoms with Crippen LogP contribution in [-0.4, -0.2) is 35.5 Å². The molecule has 1 aliphatic rings. The second-order valence-electron chi connectivity index (χ2n) is 3.90. The van der Waals surface area contributed by atoms with Gasteiger partial charge in [-0.25, -0.2) is 9.59 Å². The van der Waals surface area contributed by atoms with Gasteiger partial charge in [-0.3, -0.25) is 5.32 Å². The molecule has 0 aromatic rings. The number of carbonyl (C=O) groups excluding carboxylic acids is 1. The number of aliphatic carboxylic acids is 1. The maximum atomic E-state index is 12.9. The van der Waals surface area contributed by atoms with E-state index in [2.05, 4.69) is 11.3 Å². The maximum absolute atomic E-state index is 12.9. The molecule has 1 saturated carbocycles. The Hall–Kier alpha value is -1.73. The van der Waals surface area contributed by atoms with E-state index in [0.717, 1.165) is 6.08 Å². The Morgan fingerprint density at radius 3 is 2.33 bits per heavy atom. The third-order valence-electron chi connectivity index (χ3n) is 2.61. The number of carbonyl (C=O) groups is 2. The van der Waals surface area contributed by atoms with Gasteiger partial charge in [-0.15, -0.1) is 0 Å². The molecule has 0 aromatic heterocycles. The molecule has 1 aliphatic carbocycles. The number of hydrogen-bond acceptors (Lipinski definition) is 3. The first-order valence-corrected chi connectivity index (χ1v) is 5.11. The molecule has 1 unspecified atom stereocenters. The van der Waals surface area contributed by atoms with Gasteiger partial charge in [-0.1, -0.05) is 12.7 Å². The topological polar surface area (TPSA) is 75.6 Å². The van der Waals surface area contributed by atoms with Crippen molar-refractivity contribution in [1.29, 1.82) is 0 Å². The van der Waals surface area contributed by atoms with E-state index >= 15 is 0 Å². The van der Waals surface area contributed by atoms with Crippen LogP contribution in [0.1, 0.15) is 12.8 Å². The maximum Gasteiger partial charge on any atom is 0.422 e. The van der Waals surface area contributed by atoms with Crippen LogP contribution in [-0.2, 0) is 9.53 Å². The summed E-state index contributed by atoms with van der Waals surface area (Å²) in [4.78, 5) is 22.1. The SMILES string of the molecule is C=CCOC(=O)NC(C(=O)O)(C1CC1)C(F)(F)F. The number of amides is 1. The molecule has 1 fully saturated rings. The Morgan fingerprint density at radius 2 is 2.00 bits per heavy atom. The van der Waals surface area contributed by atoms with E-state index < -0.39 is 29.7 Å². The molecule has 5 nitrogen and oxygen atoms in total. The third kappa shape index (κ3) is 2.57. The van der Waals surface area contributed by atoms with Crippen molar-refractivity contribution in [3.63, 3.8) is 0 Å². The fourth-order valence-electron chi connectivity index (χ4n) is 1.60. The lowest BCUT2D eigenvalue weighted by Crippen LogP contribution is -2.65. The highest BCUT2D eigenvalue weighted by molar-refractivity contribution is 5.86. The highest BCUT2D eigenvalue weighted by atomic mass is 19.4. The number of halogens is 3. The van der Waals surface area contributed by atoms with E-state index in [0.29, 0.717) is 0 Å². The Bertz CT molecular complexity index is 365. The zero-order valence-electron chi connectivity index (χ0n) is 9.29. The van der Waals surface area contributed by atoms with Gasteiger partial charge in [-0.2, -0.15) is 13.2 Å². The number of alkyl carbamates (subject to hydrolysis) is 1. The first kappa shape index (κ1) is 14.3. The molecule has 2 N–H and O–H groups in total. The molecule has 0 aromatic carbocycles. The highest BCUT2D eigenvalue weighted by Crippen LogP contribution is 2.48. The predicted molar refractivity (Wildman–Crippen MR) is 53.8 cm³/mol. The van der Waals surface area contributed by atoms with Crippen LogP contribution >= 0.6 is 0 Å². The van der Waals surface area contributed by atoms with Crippen molar-refractivity contribution < 1.29 is 32.6 Å². The van der Waals surface area contributed by atoms with Crippen molar-refractivity contribution in [2.45, 2.75) is 24.6 Å². The van der Waals surface area contributed by atoms with Crippen molar-refractivity contribution in [3.05, 3.63) is 12.7 Å². The van der Waals surface area contributed by atoms with Gasteiger partial charge in [-0.05, 0) is 12.8 Å². The lowest BCUT2D eigenvalue weighted by Gasteiger charge is -2.32. The van der Waals surface area contributed by atoms with Crippen LogP contribution in [0.15, 0.2) is 12.7 Å². The second kappa shape index (κ2) is 4.87. The van der Waals surface area contributed by atoms with Crippen molar-refractivity contribution in [2.75, 3.05) is 6.61 Å². The normalized spacial score (nSPS) is 18.6. The molecule has 102 valence electrons. The lowest BCUT2D eigenvalue weighted by molar-refractivity contribution is -0.213. The van der Waals surface area contributed by atoms with E-state index in [9.17, 15) is 22.8 Å². The Balaban J connectivity index is 2.93. The Labute approximate surface area is 101 Å². The molecule has 18 heavy (non-hydrogen) atoms. The minimum atomic E-state index is -5.09. The van der Waals surface area contributed by atoms with Gasteiger partial charge < -0.3 is 9.84 Å². The van der Waals surface area contributed by atoms with Crippen molar-refractivity contribution >= 4 is 12.1 Å². The smallest absolute Gasteiger partial charge is 0.422 e. The third-order valence-corrected chi connectivity index (χ3v) is 2.61. The number of carboxylic acids is 1. The van der Waals surface area contributed by atoms with Crippen LogP contribution in [0.3, 0.4) is 0 Å². The Morgan fingerprint density at radius 1 is 1.44 bits per heavy atom. The standard InChI is InChI=1S/C10H12F3NO4/c1-2-5-18-8(17)14-9(7(15)16,6-3-4-6)10(11,12)13/h2,6H,1,3-5H2,(H,14,17)(H,15,16). The van der Waals surface area contributed by atoms with Crippen LogP contribution in [0.4, 0.5) is 18.0 Å². The zero-order valence-corrected chi connectivity index (χ0v) is 9.29. The average molecular weight is 267 g/mol. The summed E-state index contributed by atoms with van der Waals surface area (Å²) in [6.07, 6.45) is -5.18. The number of hydrogen-bond donors (Lipinski definition) is 2. The van der Waals surface area contributed by atoms with E-state index in [1.54, 1.807) is 0 Å². The van der Waals surface area contributed by atoms with Gasteiger partial charge in [0.1, 0.15) is 6.61 Å². The number of alkyl halides is 3. The first-order valence-electron chi connectivity index (χ1n) is 5.11. The molecule has 0 spiro atoms. The van der Waals surface area contributed by atoms with Crippen LogP contribution in [0.25, 0.3) is 0 Å². The van der Waals surface area contributed by atoms with E-state index in [-0.39, 0.29) is 19.4 Å². The molecule has 1 atom stereocenters. The molecule has 8 heteroatoms. The molecular formula is C10H12F3NO4. The van der Waals surface area contributed by atoms with E-state index in [1.807, 2.05) is 0 Å². The molecule has 0 saturated heterocycles. The fourth-order valence-corrected chi connectivity index (χ4v) is 1.60. The van der Waals surface area contributed by atoms with Crippen molar-refractivity contribution in [2.24, 2.45) is 5.92 Å². The predicted octanol–water partition coefficient (Wildman–Crippen LogP) is 1.69. The summed E-state index contributed by atoms with van der Waals surface area (Å²) in [5.41, 5.74) is -3.27. The minimum absolute atomic E-state index is 0.0908. The van der Waals surface area contributed by atoms with Gasteiger partial charge in [0.05, 0.1) is 0 Å². The van der Waals surface area contributed by atoms with Crippen molar-refractivity contribution in [1.82, 2.24) is 5.32 Å². The van der Waals surface area contributed by atoms with Gasteiger partial charge in [0, 0.05) is 5.92 Å². The van der Waals surface area contributed by atoms with Gasteiger partial charge in [0.15, 0.2) is 0 Å².